The zero-order chi connectivity index (χ0) is 15.4. The van der Waals surface area contributed by atoms with Gasteiger partial charge in [-0.25, -0.2) is 9.67 Å². The van der Waals surface area contributed by atoms with Crippen molar-refractivity contribution >= 4 is 11.6 Å². The van der Waals surface area contributed by atoms with Crippen LogP contribution in [0, 0.1) is 0 Å². The highest BCUT2D eigenvalue weighted by Gasteiger charge is 2.12. The molecule has 1 heterocycles. The molecule has 1 unspecified atom stereocenters. The lowest BCUT2D eigenvalue weighted by Crippen LogP contribution is -2.21. The van der Waals surface area contributed by atoms with E-state index in [2.05, 4.69) is 30.9 Å². The molecule has 0 radical (unpaired) electrons. The van der Waals surface area contributed by atoms with E-state index in [9.17, 15) is 0 Å². The van der Waals surface area contributed by atoms with Crippen molar-refractivity contribution in [3.63, 3.8) is 0 Å². The first-order valence-corrected chi connectivity index (χ1v) is 7.95. The van der Waals surface area contributed by atoms with Crippen LogP contribution in [0.15, 0.2) is 18.2 Å². The number of hydrogen-bond acceptors (Lipinski definition) is 3. The fourth-order valence-corrected chi connectivity index (χ4v) is 2.49. The lowest BCUT2D eigenvalue weighted by molar-refractivity contribution is 0.646. The highest BCUT2D eigenvalue weighted by atomic mass is 35.5. The van der Waals surface area contributed by atoms with Crippen LogP contribution in [0.3, 0.4) is 0 Å². The quantitative estimate of drug-likeness (QED) is 0.890. The number of benzene rings is 1. The molecule has 21 heavy (non-hydrogen) atoms. The van der Waals surface area contributed by atoms with Gasteiger partial charge in [0, 0.05) is 23.9 Å². The van der Waals surface area contributed by atoms with Gasteiger partial charge in [-0.15, -0.1) is 0 Å². The molecule has 2 N–H and O–H groups in total. The minimum atomic E-state index is 0.151. The third-order valence-electron chi connectivity index (χ3n) is 3.64. The number of nitrogens with two attached hydrogens (primary N) is 1. The average molecular weight is 307 g/mol. The maximum atomic E-state index is 6.40. The standard InChI is InChI=1S/C16H23ClN4/c1-4-12(18)9-11-7-8-13(10-14(11)17)21-16(6-3)19-15(5-2)20-21/h7-8,10,12H,4-6,9,18H2,1-3H3. The lowest BCUT2D eigenvalue weighted by atomic mass is 10.0. The predicted octanol–water partition coefficient (Wildman–Crippen LogP) is 3.33. The van der Waals surface area contributed by atoms with Crippen molar-refractivity contribution in [2.75, 3.05) is 0 Å². The SMILES string of the molecule is CCc1nc(CC)n(-c2ccc(CC(N)CC)c(Cl)c2)n1. The minimum Gasteiger partial charge on any atom is -0.327 e. The fourth-order valence-electron chi connectivity index (χ4n) is 2.24. The Labute approximate surface area is 131 Å². The van der Waals surface area contributed by atoms with Gasteiger partial charge in [0.1, 0.15) is 5.82 Å². The second-order valence-corrected chi connectivity index (χ2v) is 5.62. The number of rotatable bonds is 6. The Morgan fingerprint density at radius 1 is 1.24 bits per heavy atom. The van der Waals surface area contributed by atoms with Gasteiger partial charge in [-0.1, -0.05) is 38.4 Å². The van der Waals surface area contributed by atoms with Crippen LogP contribution in [0.5, 0.6) is 0 Å². The predicted molar refractivity (Wildman–Crippen MR) is 87.1 cm³/mol. The van der Waals surface area contributed by atoms with E-state index in [0.717, 1.165) is 53.6 Å². The molecular weight excluding hydrogens is 284 g/mol. The van der Waals surface area contributed by atoms with E-state index in [-0.39, 0.29) is 6.04 Å². The molecule has 114 valence electrons. The molecule has 0 saturated heterocycles. The van der Waals surface area contributed by atoms with Crippen LogP contribution in [0.1, 0.15) is 44.4 Å². The van der Waals surface area contributed by atoms with Crippen molar-refractivity contribution in [1.29, 1.82) is 0 Å². The maximum Gasteiger partial charge on any atom is 0.151 e. The molecule has 0 amide bonds. The van der Waals surface area contributed by atoms with E-state index in [0.29, 0.717) is 0 Å². The summed E-state index contributed by atoms with van der Waals surface area (Å²) < 4.78 is 1.88. The lowest BCUT2D eigenvalue weighted by Gasteiger charge is -2.12. The van der Waals surface area contributed by atoms with Crippen LogP contribution in [-0.4, -0.2) is 20.8 Å². The Bertz CT molecular complexity index is 606. The van der Waals surface area contributed by atoms with Crippen LogP contribution >= 0.6 is 11.6 Å². The van der Waals surface area contributed by atoms with Crippen molar-refractivity contribution in [3.8, 4) is 5.69 Å². The Balaban J connectivity index is 2.33. The average Bonchev–Trinajstić information content (AvgIpc) is 2.92. The first-order valence-electron chi connectivity index (χ1n) is 7.58. The van der Waals surface area contributed by atoms with Gasteiger partial charge in [0.15, 0.2) is 5.82 Å². The first-order chi connectivity index (χ1) is 10.1. The Morgan fingerprint density at radius 2 is 2.00 bits per heavy atom. The number of aromatic nitrogens is 3. The van der Waals surface area contributed by atoms with E-state index in [4.69, 9.17) is 17.3 Å². The van der Waals surface area contributed by atoms with Gasteiger partial charge in [-0.05, 0) is 30.5 Å². The van der Waals surface area contributed by atoms with Crippen molar-refractivity contribution in [3.05, 3.63) is 40.4 Å². The minimum absolute atomic E-state index is 0.151. The molecular formula is C16H23ClN4. The van der Waals surface area contributed by atoms with Crippen LogP contribution < -0.4 is 5.73 Å². The van der Waals surface area contributed by atoms with Gasteiger partial charge in [0.2, 0.25) is 0 Å². The van der Waals surface area contributed by atoms with Gasteiger partial charge in [0.05, 0.1) is 5.69 Å². The molecule has 2 rings (SSSR count). The molecule has 0 bridgehead atoms. The zero-order valence-corrected chi connectivity index (χ0v) is 13.7. The van der Waals surface area contributed by atoms with Crippen molar-refractivity contribution in [2.45, 2.75) is 52.5 Å². The summed E-state index contributed by atoms with van der Waals surface area (Å²) in [7, 11) is 0. The molecule has 1 aromatic heterocycles. The summed E-state index contributed by atoms with van der Waals surface area (Å²) >= 11 is 6.40. The summed E-state index contributed by atoms with van der Waals surface area (Å²) in [5.41, 5.74) is 8.05. The number of aryl methyl sites for hydroxylation is 2. The highest BCUT2D eigenvalue weighted by Crippen LogP contribution is 2.22. The molecule has 4 nitrogen and oxygen atoms in total. The van der Waals surface area contributed by atoms with Gasteiger partial charge in [-0.2, -0.15) is 5.10 Å². The summed E-state index contributed by atoms with van der Waals surface area (Å²) in [5, 5.41) is 5.28. The maximum absolute atomic E-state index is 6.40. The third kappa shape index (κ3) is 3.63. The van der Waals surface area contributed by atoms with E-state index in [1.165, 1.54) is 0 Å². The summed E-state index contributed by atoms with van der Waals surface area (Å²) in [6.45, 7) is 6.22. The van der Waals surface area contributed by atoms with Gasteiger partial charge in [0.25, 0.3) is 0 Å². The number of nitrogens with zero attached hydrogens (tertiary/aromatic N) is 3. The molecule has 0 spiro atoms. The smallest absolute Gasteiger partial charge is 0.151 e. The summed E-state index contributed by atoms with van der Waals surface area (Å²) in [5.74, 6) is 1.82. The molecule has 5 heteroatoms. The second kappa shape index (κ2) is 7.05. The molecule has 1 atom stereocenters. The van der Waals surface area contributed by atoms with E-state index in [1.807, 2.05) is 22.9 Å². The molecule has 0 aliphatic heterocycles. The Kier molecular flexibility index (Phi) is 5.37. The number of halogens is 1. The largest absolute Gasteiger partial charge is 0.327 e. The molecule has 2 aromatic rings. The van der Waals surface area contributed by atoms with Crippen LogP contribution in [0.2, 0.25) is 5.02 Å². The van der Waals surface area contributed by atoms with Crippen LogP contribution in [0.25, 0.3) is 5.69 Å². The summed E-state index contributed by atoms with van der Waals surface area (Å²) in [4.78, 5) is 4.53. The molecule has 0 fully saturated rings. The molecule has 0 aliphatic carbocycles. The molecule has 0 saturated carbocycles. The highest BCUT2D eigenvalue weighted by molar-refractivity contribution is 6.31. The van der Waals surface area contributed by atoms with Crippen LogP contribution in [-0.2, 0) is 19.3 Å². The van der Waals surface area contributed by atoms with E-state index < -0.39 is 0 Å². The summed E-state index contributed by atoms with van der Waals surface area (Å²) in [6, 6.07) is 6.18. The normalized spacial score (nSPS) is 12.6. The number of hydrogen-bond donors (Lipinski definition) is 1. The van der Waals surface area contributed by atoms with Crippen molar-refractivity contribution in [2.24, 2.45) is 5.73 Å². The monoisotopic (exact) mass is 306 g/mol. The van der Waals surface area contributed by atoms with Crippen molar-refractivity contribution in [1.82, 2.24) is 14.8 Å². The van der Waals surface area contributed by atoms with Gasteiger partial charge < -0.3 is 5.73 Å². The zero-order valence-electron chi connectivity index (χ0n) is 12.9. The first kappa shape index (κ1) is 16.0. The Morgan fingerprint density at radius 3 is 2.57 bits per heavy atom. The van der Waals surface area contributed by atoms with E-state index >= 15 is 0 Å². The van der Waals surface area contributed by atoms with Crippen molar-refractivity contribution < 1.29 is 0 Å². The molecule has 0 aliphatic rings. The van der Waals surface area contributed by atoms with Gasteiger partial charge >= 0.3 is 0 Å². The van der Waals surface area contributed by atoms with Gasteiger partial charge in [-0.3, -0.25) is 0 Å². The fraction of sp³-hybridized carbons (Fsp3) is 0.500. The van der Waals surface area contributed by atoms with E-state index in [1.54, 1.807) is 0 Å². The third-order valence-corrected chi connectivity index (χ3v) is 3.99. The second-order valence-electron chi connectivity index (χ2n) is 5.21. The Hall–Kier alpha value is -1.39. The topological polar surface area (TPSA) is 56.7 Å². The summed E-state index contributed by atoms with van der Waals surface area (Å²) in [6.07, 6.45) is 3.42. The molecule has 1 aromatic carbocycles. The van der Waals surface area contributed by atoms with Crippen LogP contribution in [0.4, 0.5) is 0 Å².